The number of aryl methyl sites for hydroxylation is 1. The van der Waals surface area contributed by atoms with Gasteiger partial charge in [0.25, 0.3) is 0 Å². The number of aromatic nitrogens is 2. The molecule has 0 aliphatic carbocycles. The number of anilines is 1. The lowest BCUT2D eigenvalue weighted by molar-refractivity contribution is 0.410. The molecule has 0 radical (unpaired) electrons. The van der Waals surface area contributed by atoms with Crippen molar-refractivity contribution in [2.75, 3.05) is 12.4 Å². The highest BCUT2D eigenvalue weighted by molar-refractivity contribution is 6.29. The Morgan fingerprint density at radius 1 is 1.26 bits per heavy atom. The molecule has 4 nitrogen and oxygen atoms in total. The molecule has 0 fully saturated rings. The number of ether oxygens (including phenoxy) is 1. The highest BCUT2D eigenvalue weighted by Crippen LogP contribution is 2.19. The lowest BCUT2D eigenvalue weighted by Crippen LogP contribution is -2.05. The molecule has 0 saturated carbocycles. The van der Waals surface area contributed by atoms with Gasteiger partial charge in [-0.1, -0.05) is 36.7 Å². The van der Waals surface area contributed by atoms with Gasteiger partial charge in [0, 0.05) is 24.6 Å². The third-order valence-electron chi connectivity index (χ3n) is 2.71. The van der Waals surface area contributed by atoms with E-state index in [-0.39, 0.29) is 0 Å². The predicted molar refractivity (Wildman–Crippen MR) is 76.7 cm³/mol. The van der Waals surface area contributed by atoms with Crippen molar-refractivity contribution in [2.24, 2.45) is 0 Å². The lowest BCUT2D eigenvalue weighted by atomic mass is 10.2. The fourth-order valence-corrected chi connectivity index (χ4v) is 1.95. The molecular weight excluding hydrogens is 262 g/mol. The van der Waals surface area contributed by atoms with Crippen molar-refractivity contribution in [3.05, 3.63) is 46.9 Å². The molecule has 0 amide bonds. The molecule has 0 atom stereocenters. The standard InChI is InChI=1S/C14H16ClN3O/c1-3-13-17-12(15)8-14(18-13)16-9-10-6-4-5-7-11(10)19-2/h4-8H,3,9H2,1-2H3,(H,16,17,18). The molecule has 2 rings (SSSR count). The maximum atomic E-state index is 5.95. The maximum absolute atomic E-state index is 5.95. The highest BCUT2D eigenvalue weighted by Gasteiger charge is 2.04. The second-order valence-corrected chi connectivity index (χ2v) is 4.40. The van der Waals surface area contributed by atoms with E-state index in [1.165, 1.54) is 0 Å². The third-order valence-corrected chi connectivity index (χ3v) is 2.90. The third kappa shape index (κ3) is 3.58. The number of nitrogens with one attached hydrogen (secondary N) is 1. The van der Waals surface area contributed by atoms with Crippen LogP contribution in [0.5, 0.6) is 5.75 Å². The fourth-order valence-electron chi connectivity index (χ4n) is 1.75. The van der Waals surface area contributed by atoms with Crippen LogP contribution in [0.2, 0.25) is 5.15 Å². The molecule has 0 bridgehead atoms. The van der Waals surface area contributed by atoms with Gasteiger partial charge in [-0.3, -0.25) is 0 Å². The van der Waals surface area contributed by atoms with E-state index < -0.39 is 0 Å². The first-order valence-corrected chi connectivity index (χ1v) is 6.50. The molecule has 0 saturated heterocycles. The van der Waals surface area contributed by atoms with Gasteiger partial charge in [0.2, 0.25) is 0 Å². The zero-order valence-corrected chi connectivity index (χ0v) is 11.7. The first-order valence-electron chi connectivity index (χ1n) is 6.12. The van der Waals surface area contributed by atoms with Crippen LogP contribution in [0, 0.1) is 0 Å². The molecular formula is C14H16ClN3O. The van der Waals surface area contributed by atoms with Crippen LogP contribution < -0.4 is 10.1 Å². The molecule has 1 aromatic carbocycles. The maximum Gasteiger partial charge on any atom is 0.134 e. The second-order valence-electron chi connectivity index (χ2n) is 4.01. The summed E-state index contributed by atoms with van der Waals surface area (Å²) >= 11 is 5.95. The van der Waals surface area contributed by atoms with E-state index in [1.54, 1.807) is 13.2 Å². The van der Waals surface area contributed by atoms with Crippen LogP contribution in [-0.2, 0) is 13.0 Å². The van der Waals surface area contributed by atoms with Crippen molar-refractivity contribution in [3.63, 3.8) is 0 Å². The fraction of sp³-hybridized carbons (Fsp3) is 0.286. The average molecular weight is 278 g/mol. The van der Waals surface area contributed by atoms with E-state index in [1.807, 2.05) is 31.2 Å². The zero-order valence-electron chi connectivity index (χ0n) is 11.0. The number of nitrogens with zero attached hydrogens (tertiary/aromatic N) is 2. The van der Waals surface area contributed by atoms with Crippen molar-refractivity contribution in [1.29, 1.82) is 0 Å². The Labute approximate surface area is 117 Å². The number of para-hydroxylation sites is 1. The average Bonchev–Trinajstić information content (AvgIpc) is 2.44. The smallest absolute Gasteiger partial charge is 0.134 e. The van der Waals surface area contributed by atoms with Gasteiger partial charge in [-0.15, -0.1) is 0 Å². The lowest BCUT2D eigenvalue weighted by Gasteiger charge is -2.10. The first-order chi connectivity index (χ1) is 9.22. The molecule has 100 valence electrons. The Morgan fingerprint density at radius 3 is 2.79 bits per heavy atom. The summed E-state index contributed by atoms with van der Waals surface area (Å²) in [5.74, 6) is 2.31. The summed E-state index contributed by atoms with van der Waals surface area (Å²) in [5.41, 5.74) is 1.07. The molecule has 1 aromatic heterocycles. The molecule has 19 heavy (non-hydrogen) atoms. The van der Waals surface area contributed by atoms with Crippen LogP contribution in [0.25, 0.3) is 0 Å². The van der Waals surface area contributed by atoms with E-state index >= 15 is 0 Å². The largest absolute Gasteiger partial charge is 0.496 e. The van der Waals surface area contributed by atoms with Gasteiger partial charge < -0.3 is 10.1 Å². The number of benzene rings is 1. The van der Waals surface area contributed by atoms with Gasteiger partial charge in [0.1, 0.15) is 22.5 Å². The summed E-state index contributed by atoms with van der Waals surface area (Å²) in [6, 6.07) is 9.58. The summed E-state index contributed by atoms with van der Waals surface area (Å²) < 4.78 is 5.30. The van der Waals surface area contributed by atoms with Gasteiger partial charge in [-0.2, -0.15) is 0 Å². The number of rotatable bonds is 5. The van der Waals surface area contributed by atoms with E-state index in [0.717, 1.165) is 29.4 Å². The van der Waals surface area contributed by atoms with Gasteiger partial charge in [-0.25, -0.2) is 9.97 Å². The SMILES string of the molecule is CCc1nc(Cl)cc(NCc2ccccc2OC)n1. The minimum atomic E-state index is 0.453. The molecule has 0 aliphatic heterocycles. The van der Waals surface area contributed by atoms with Crippen LogP contribution >= 0.6 is 11.6 Å². The van der Waals surface area contributed by atoms with Crippen LogP contribution in [-0.4, -0.2) is 17.1 Å². The number of methoxy groups -OCH3 is 1. The monoisotopic (exact) mass is 277 g/mol. The molecule has 0 unspecified atom stereocenters. The van der Waals surface area contributed by atoms with E-state index in [2.05, 4.69) is 15.3 Å². The van der Waals surface area contributed by atoms with Crippen molar-refractivity contribution < 1.29 is 4.74 Å². The predicted octanol–water partition coefficient (Wildman–Crippen LogP) is 3.31. The quantitative estimate of drug-likeness (QED) is 0.852. The molecule has 0 aliphatic rings. The Balaban J connectivity index is 2.12. The first kappa shape index (κ1) is 13.6. The Kier molecular flexibility index (Phi) is 4.58. The summed E-state index contributed by atoms with van der Waals surface area (Å²) in [7, 11) is 1.66. The Bertz CT molecular complexity index is 560. The molecule has 1 N–H and O–H groups in total. The minimum absolute atomic E-state index is 0.453. The molecule has 1 heterocycles. The summed E-state index contributed by atoms with van der Waals surface area (Å²) in [5, 5.41) is 3.69. The van der Waals surface area contributed by atoms with Gasteiger partial charge in [0.05, 0.1) is 7.11 Å². The van der Waals surface area contributed by atoms with Crippen molar-refractivity contribution >= 4 is 17.4 Å². The zero-order chi connectivity index (χ0) is 13.7. The second kappa shape index (κ2) is 6.38. The number of halogens is 1. The molecule has 2 aromatic rings. The van der Waals surface area contributed by atoms with Crippen molar-refractivity contribution in [2.45, 2.75) is 19.9 Å². The van der Waals surface area contributed by atoms with E-state index in [0.29, 0.717) is 11.7 Å². The van der Waals surface area contributed by atoms with E-state index in [4.69, 9.17) is 16.3 Å². The van der Waals surface area contributed by atoms with Gasteiger partial charge in [-0.05, 0) is 6.07 Å². The van der Waals surface area contributed by atoms with Crippen molar-refractivity contribution in [1.82, 2.24) is 9.97 Å². The highest BCUT2D eigenvalue weighted by atomic mass is 35.5. The van der Waals surface area contributed by atoms with E-state index in [9.17, 15) is 0 Å². The molecule has 0 spiro atoms. The van der Waals surface area contributed by atoms with Crippen LogP contribution in [0.3, 0.4) is 0 Å². The van der Waals surface area contributed by atoms with Crippen LogP contribution in [0.4, 0.5) is 5.82 Å². The van der Waals surface area contributed by atoms with Gasteiger partial charge >= 0.3 is 0 Å². The summed E-state index contributed by atoms with van der Waals surface area (Å²) in [6.07, 6.45) is 0.754. The van der Waals surface area contributed by atoms with Crippen LogP contribution in [0.15, 0.2) is 30.3 Å². The topological polar surface area (TPSA) is 47.0 Å². The van der Waals surface area contributed by atoms with Gasteiger partial charge in [0.15, 0.2) is 0 Å². The summed E-state index contributed by atoms with van der Waals surface area (Å²) in [6.45, 7) is 2.62. The summed E-state index contributed by atoms with van der Waals surface area (Å²) in [4.78, 5) is 8.51. The normalized spacial score (nSPS) is 10.3. The van der Waals surface area contributed by atoms with Crippen LogP contribution in [0.1, 0.15) is 18.3 Å². The van der Waals surface area contributed by atoms with Crippen molar-refractivity contribution in [3.8, 4) is 5.75 Å². The number of hydrogen-bond acceptors (Lipinski definition) is 4. The minimum Gasteiger partial charge on any atom is -0.496 e. The molecule has 5 heteroatoms. The number of hydrogen-bond donors (Lipinski definition) is 1. The Morgan fingerprint density at radius 2 is 2.05 bits per heavy atom. The Hall–Kier alpha value is -1.81.